The SMILES string of the molecule is C=CC(=O)OCCCCCOc1cccc2c1CCC(c1ccccc1)=C2. The monoisotopic (exact) mass is 362 g/mol. The molecule has 0 bridgehead atoms. The molecule has 140 valence electrons. The van der Waals surface area contributed by atoms with Gasteiger partial charge in [0.15, 0.2) is 0 Å². The lowest BCUT2D eigenvalue weighted by Crippen LogP contribution is -2.06. The van der Waals surface area contributed by atoms with Crippen molar-refractivity contribution in [1.29, 1.82) is 0 Å². The highest BCUT2D eigenvalue weighted by Gasteiger charge is 2.15. The predicted molar refractivity (Wildman–Crippen MR) is 110 cm³/mol. The quantitative estimate of drug-likeness (QED) is 0.338. The number of fused-ring (bicyclic) bond motifs is 1. The molecule has 0 heterocycles. The van der Waals surface area contributed by atoms with E-state index in [2.05, 4.69) is 61.2 Å². The van der Waals surface area contributed by atoms with Crippen molar-refractivity contribution in [1.82, 2.24) is 0 Å². The minimum absolute atomic E-state index is 0.356. The van der Waals surface area contributed by atoms with Crippen molar-refractivity contribution >= 4 is 17.6 Å². The first kappa shape index (κ1) is 19.0. The van der Waals surface area contributed by atoms with E-state index in [4.69, 9.17) is 9.47 Å². The Hall–Kier alpha value is -2.81. The predicted octanol–water partition coefficient (Wildman–Crippen LogP) is 5.45. The zero-order chi connectivity index (χ0) is 18.9. The standard InChI is InChI=1S/C24H26O3/c1-2-24(25)27-17-8-4-7-16-26-23-13-9-12-21-18-20(14-15-22(21)23)19-10-5-3-6-11-19/h2-3,5-6,9-13,18H,1,4,7-8,14-17H2. The topological polar surface area (TPSA) is 35.5 Å². The van der Waals surface area contributed by atoms with Gasteiger partial charge in [-0.3, -0.25) is 0 Å². The molecule has 1 aliphatic rings. The van der Waals surface area contributed by atoms with Gasteiger partial charge in [0, 0.05) is 11.6 Å². The fraction of sp³-hybridized carbons (Fsp3) is 0.292. The summed E-state index contributed by atoms with van der Waals surface area (Å²) in [7, 11) is 0. The van der Waals surface area contributed by atoms with Crippen LogP contribution in [0.2, 0.25) is 0 Å². The van der Waals surface area contributed by atoms with E-state index < -0.39 is 0 Å². The summed E-state index contributed by atoms with van der Waals surface area (Å²) in [5.41, 5.74) is 5.24. The van der Waals surface area contributed by atoms with E-state index in [1.165, 1.54) is 28.3 Å². The smallest absolute Gasteiger partial charge is 0.330 e. The molecule has 0 aromatic heterocycles. The summed E-state index contributed by atoms with van der Waals surface area (Å²) in [4.78, 5) is 11.0. The van der Waals surface area contributed by atoms with Crippen LogP contribution in [0.15, 0.2) is 61.2 Å². The van der Waals surface area contributed by atoms with E-state index in [0.29, 0.717) is 13.2 Å². The molecular weight excluding hydrogens is 336 g/mol. The molecular formula is C24H26O3. The summed E-state index contributed by atoms with van der Waals surface area (Å²) in [6.45, 7) is 4.51. The maximum atomic E-state index is 11.0. The summed E-state index contributed by atoms with van der Waals surface area (Å²) in [5.74, 6) is 0.638. The molecule has 0 spiro atoms. The Morgan fingerprint density at radius 1 is 0.963 bits per heavy atom. The van der Waals surface area contributed by atoms with Crippen LogP contribution < -0.4 is 4.74 Å². The van der Waals surface area contributed by atoms with Gasteiger partial charge in [-0.05, 0) is 54.9 Å². The Morgan fingerprint density at radius 2 is 1.78 bits per heavy atom. The normalized spacial score (nSPS) is 12.7. The lowest BCUT2D eigenvalue weighted by Gasteiger charge is -2.20. The summed E-state index contributed by atoms with van der Waals surface area (Å²) in [6, 6.07) is 16.9. The second-order valence-corrected chi connectivity index (χ2v) is 6.64. The molecule has 0 saturated heterocycles. The lowest BCUT2D eigenvalue weighted by atomic mass is 9.88. The minimum atomic E-state index is -0.356. The molecule has 0 radical (unpaired) electrons. The van der Waals surface area contributed by atoms with Gasteiger partial charge in [0.25, 0.3) is 0 Å². The van der Waals surface area contributed by atoms with Gasteiger partial charge in [-0.25, -0.2) is 4.79 Å². The third-order valence-corrected chi connectivity index (χ3v) is 4.75. The Kier molecular flexibility index (Phi) is 6.86. The number of carbonyl (C=O) groups excluding carboxylic acids is 1. The number of unbranched alkanes of at least 4 members (excludes halogenated alkanes) is 2. The number of rotatable bonds is 9. The summed E-state index contributed by atoms with van der Waals surface area (Å²) in [5, 5.41) is 0. The van der Waals surface area contributed by atoms with E-state index >= 15 is 0 Å². The van der Waals surface area contributed by atoms with Gasteiger partial charge in [-0.2, -0.15) is 0 Å². The maximum absolute atomic E-state index is 11.0. The molecule has 2 aromatic carbocycles. The van der Waals surface area contributed by atoms with Crippen molar-refractivity contribution in [2.24, 2.45) is 0 Å². The number of allylic oxidation sites excluding steroid dienone is 1. The van der Waals surface area contributed by atoms with E-state index in [1.54, 1.807) is 0 Å². The van der Waals surface area contributed by atoms with Gasteiger partial charge in [0.1, 0.15) is 5.75 Å². The average Bonchev–Trinajstić information content (AvgIpc) is 2.73. The first-order chi connectivity index (χ1) is 13.3. The molecule has 0 fully saturated rings. The highest BCUT2D eigenvalue weighted by Crippen LogP contribution is 2.35. The van der Waals surface area contributed by atoms with Gasteiger partial charge >= 0.3 is 5.97 Å². The zero-order valence-electron chi connectivity index (χ0n) is 15.7. The van der Waals surface area contributed by atoms with Gasteiger partial charge < -0.3 is 9.47 Å². The van der Waals surface area contributed by atoms with Crippen LogP contribution in [0.5, 0.6) is 5.75 Å². The Labute approximate surface area is 161 Å². The molecule has 0 N–H and O–H groups in total. The van der Waals surface area contributed by atoms with Crippen molar-refractivity contribution in [2.75, 3.05) is 13.2 Å². The van der Waals surface area contributed by atoms with Crippen LogP contribution >= 0.6 is 0 Å². The number of esters is 1. The molecule has 27 heavy (non-hydrogen) atoms. The highest BCUT2D eigenvalue weighted by atomic mass is 16.5. The Bertz CT molecular complexity index is 806. The third kappa shape index (κ3) is 5.33. The van der Waals surface area contributed by atoms with Gasteiger partial charge in [-0.15, -0.1) is 0 Å². The van der Waals surface area contributed by atoms with Gasteiger partial charge in [0.2, 0.25) is 0 Å². The van der Waals surface area contributed by atoms with Crippen LogP contribution in [-0.2, 0) is 16.0 Å². The largest absolute Gasteiger partial charge is 0.493 e. The summed E-state index contributed by atoms with van der Waals surface area (Å²) < 4.78 is 11.0. The Morgan fingerprint density at radius 3 is 2.59 bits per heavy atom. The number of hydrogen-bond donors (Lipinski definition) is 0. The molecule has 3 nitrogen and oxygen atoms in total. The minimum Gasteiger partial charge on any atom is -0.493 e. The first-order valence-electron chi connectivity index (χ1n) is 9.58. The number of benzene rings is 2. The van der Waals surface area contributed by atoms with Crippen molar-refractivity contribution in [3.63, 3.8) is 0 Å². The van der Waals surface area contributed by atoms with Crippen LogP contribution in [0.4, 0.5) is 0 Å². The van der Waals surface area contributed by atoms with Crippen molar-refractivity contribution in [3.8, 4) is 5.75 Å². The number of hydrogen-bond acceptors (Lipinski definition) is 3. The molecule has 1 aliphatic carbocycles. The molecule has 0 amide bonds. The highest BCUT2D eigenvalue weighted by molar-refractivity contribution is 5.85. The average molecular weight is 362 g/mol. The zero-order valence-corrected chi connectivity index (χ0v) is 15.7. The van der Waals surface area contributed by atoms with E-state index in [-0.39, 0.29) is 5.97 Å². The van der Waals surface area contributed by atoms with Crippen LogP contribution in [0.3, 0.4) is 0 Å². The summed E-state index contributed by atoms with van der Waals surface area (Å²) >= 11 is 0. The molecule has 0 atom stereocenters. The molecule has 3 rings (SSSR count). The molecule has 0 aliphatic heterocycles. The van der Waals surface area contributed by atoms with Crippen molar-refractivity contribution in [2.45, 2.75) is 32.1 Å². The van der Waals surface area contributed by atoms with Gasteiger partial charge in [-0.1, -0.05) is 55.1 Å². The lowest BCUT2D eigenvalue weighted by molar-refractivity contribution is -0.137. The number of ether oxygens (including phenoxy) is 2. The molecule has 0 unspecified atom stereocenters. The fourth-order valence-corrected chi connectivity index (χ4v) is 3.31. The van der Waals surface area contributed by atoms with Crippen LogP contribution in [0.25, 0.3) is 11.6 Å². The van der Waals surface area contributed by atoms with Crippen LogP contribution in [0, 0.1) is 0 Å². The first-order valence-corrected chi connectivity index (χ1v) is 9.58. The van der Waals surface area contributed by atoms with Gasteiger partial charge in [0.05, 0.1) is 13.2 Å². The fourth-order valence-electron chi connectivity index (χ4n) is 3.31. The third-order valence-electron chi connectivity index (χ3n) is 4.75. The van der Waals surface area contributed by atoms with E-state index in [9.17, 15) is 4.79 Å². The summed E-state index contributed by atoms with van der Waals surface area (Å²) in [6.07, 6.45) is 8.28. The molecule has 0 saturated carbocycles. The second kappa shape index (κ2) is 9.77. The maximum Gasteiger partial charge on any atom is 0.330 e. The molecule has 2 aromatic rings. The molecule has 3 heteroatoms. The second-order valence-electron chi connectivity index (χ2n) is 6.64. The van der Waals surface area contributed by atoms with Crippen molar-refractivity contribution < 1.29 is 14.3 Å². The van der Waals surface area contributed by atoms with Crippen LogP contribution in [-0.4, -0.2) is 19.2 Å². The van der Waals surface area contributed by atoms with E-state index in [1.807, 2.05) is 0 Å². The van der Waals surface area contributed by atoms with Crippen LogP contribution in [0.1, 0.15) is 42.4 Å². The number of carbonyl (C=O) groups is 1. The Balaban J connectivity index is 1.52. The van der Waals surface area contributed by atoms with Crippen molar-refractivity contribution in [3.05, 3.63) is 77.9 Å². The van der Waals surface area contributed by atoms with E-state index in [0.717, 1.165) is 37.9 Å².